The molecule has 0 aliphatic carbocycles. The van der Waals surface area contributed by atoms with E-state index in [9.17, 15) is 9.59 Å². The van der Waals surface area contributed by atoms with Crippen LogP contribution in [0.4, 0.5) is 5.69 Å². The highest BCUT2D eigenvalue weighted by molar-refractivity contribution is 5.95. The zero-order valence-electron chi connectivity index (χ0n) is 16.3. The number of anilines is 1. The van der Waals surface area contributed by atoms with Crippen molar-refractivity contribution in [2.45, 2.75) is 26.2 Å². The standard InChI is InChI=1S/C20H32N4O2/c1-4-5-12-24(13-9-19(25)23-14-10-21-11-15-23)20(26)17-7-6-8-18(16-17)22(2)3/h6-8,16,21H,4-5,9-15H2,1-3H3. The van der Waals surface area contributed by atoms with Crippen molar-refractivity contribution in [1.29, 1.82) is 0 Å². The fourth-order valence-electron chi connectivity index (χ4n) is 3.07. The van der Waals surface area contributed by atoms with Crippen LogP contribution >= 0.6 is 0 Å². The molecule has 1 aromatic carbocycles. The van der Waals surface area contributed by atoms with Crippen molar-refractivity contribution in [2.75, 3.05) is 58.3 Å². The quantitative estimate of drug-likeness (QED) is 0.768. The molecule has 1 heterocycles. The topological polar surface area (TPSA) is 55.9 Å². The lowest BCUT2D eigenvalue weighted by Crippen LogP contribution is -2.47. The summed E-state index contributed by atoms with van der Waals surface area (Å²) in [6, 6.07) is 7.67. The zero-order chi connectivity index (χ0) is 18.9. The molecule has 6 heteroatoms. The van der Waals surface area contributed by atoms with Crippen molar-refractivity contribution in [3.05, 3.63) is 29.8 Å². The number of unbranched alkanes of at least 4 members (excludes halogenated alkanes) is 1. The van der Waals surface area contributed by atoms with Crippen LogP contribution in [0.2, 0.25) is 0 Å². The molecule has 144 valence electrons. The van der Waals surface area contributed by atoms with E-state index >= 15 is 0 Å². The summed E-state index contributed by atoms with van der Waals surface area (Å²) in [4.78, 5) is 31.1. The highest BCUT2D eigenvalue weighted by atomic mass is 16.2. The first-order valence-corrected chi connectivity index (χ1v) is 9.58. The van der Waals surface area contributed by atoms with E-state index in [4.69, 9.17) is 0 Å². The molecule has 1 saturated heterocycles. The summed E-state index contributed by atoms with van der Waals surface area (Å²) in [6.07, 6.45) is 2.36. The van der Waals surface area contributed by atoms with Crippen molar-refractivity contribution >= 4 is 17.5 Å². The highest BCUT2D eigenvalue weighted by Gasteiger charge is 2.20. The Labute approximate surface area is 157 Å². The summed E-state index contributed by atoms with van der Waals surface area (Å²) in [5, 5.41) is 3.25. The van der Waals surface area contributed by atoms with Crippen LogP contribution in [0.1, 0.15) is 36.5 Å². The highest BCUT2D eigenvalue weighted by Crippen LogP contribution is 2.16. The first-order chi connectivity index (χ1) is 12.5. The van der Waals surface area contributed by atoms with E-state index in [1.807, 2.05) is 53.1 Å². The third kappa shape index (κ3) is 5.73. The molecule has 6 nitrogen and oxygen atoms in total. The van der Waals surface area contributed by atoms with E-state index in [1.54, 1.807) is 0 Å². The molecule has 1 aromatic rings. The van der Waals surface area contributed by atoms with E-state index in [0.717, 1.165) is 44.7 Å². The van der Waals surface area contributed by atoms with Gasteiger partial charge in [0.05, 0.1) is 0 Å². The second kappa shape index (κ2) is 10.2. The van der Waals surface area contributed by atoms with Gasteiger partial charge in [0, 0.05) is 71.0 Å². The molecular weight excluding hydrogens is 328 g/mol. The van der Waals surface area contributed by atoms with Crippen LogP contribution in [0.3, 0.4) is 0 Å². The number of hydrogen-bond acceptors (Lipinski definition) is 4. The van der Waals surface area contributed by atoms with Gasteiger partial charge in [-0.05, 0) is 24.6 Å². The van der Waals surface area contributed by atoms with Crippen LogP contribution < -0.4 is 10.2 Å². The summed E-state index contributed by atoms with van der Waals surface area (Å²) in [7, 11) is 3.93. The Balaban J connectivity index is 2.02. The normalized spacial score (nSPS) is 14.2. The Kier molecular flexibility index (Phi) is 7.91. The van der Waals surface area contributed by atoms with Gasteiger partial charge in [0.1, 0.15) is 0 Å². The first-order valence-electron chi connectivity index (χ1n) is 9.58. The molecule has 0 saturated carbocycles. The Morgan fingerprint density at radius 2 is 1.88 bits per heavy atom. The van der Waals surface area contributed by atoms with Crippen LogP contribution in [0, 0.1) is 0 Å². The van der Waals surface area contributed by atoms with Crippen molar-refractivity contribution in [1.82, 2.24) is 15.1 Å². The van der Waals surface area contributed by atoms with Crippen molar-refractivity contribution in [3.63, 3.8) is 0 Å². The maximum absolute atomic E-state index is 13.0. The Hall–Kier alpha value is -2.08. The van der Waals surface area contributed by atoms with Crippen LogP contribution in [0.25, 0.3) is 0 Å². The molecule has 1 aliphatic rings. The first kappa shape index (κ1) is 20.2. The molecule has 0 atom stereocenters. The van der Waals surface area contributed by atoms with Crippen LogP contribution in [-0.4, -0.2) is 75.0 Å². The van der Waals surface area contributed by atoms with Gasteiger partial charge in [0.2, 0.25) is 5.91 Å². The molecule has 0 spiro atoms. The summed E-state index contributed by atoms with van der Waals surface area (Å²) >= 11 is 0. The summed E-state index contributed by atoms with van der Waals surface area (Å²) < 4.78 is 0. The number of benzene rings is 1. The minimum absolute atomic E-state index is 0.00950. The van der Waals surface area contributed by atoms with E-state index in [1.165, 1.54) is 0 Å². The molecule has 0 aromatic heterocycles. The smallest absolute Gasteiger partial charge is 0.253 e. The fourth-order valence-corrected chi connectivity index (χ4v) is 3.07. The van der Waals surface area contributed by atoms with Crippen LogP contribution in [-0.2, 0) is 4.79 Å². The maximum atomic E-state index is 13.0. The van der Waals surface area contributed by atoms with Gasteiger partial charge in [-0.25, -0.2) is 0 Å². The van der Waals surface area contributed by atoms with Gasteiger partial charge in [-0.2, -0.15) is 0 Å². The van der Waals surface area contributed by atoms with Gasteiger partial charge in [0.25, 0.3) is 5.91 Å². The number of carbonyl (C=O) groups excluding carboxylic acids is 2. The molecular formula is C20H32N4O2. The zero-order valence-corrected chi connectivity index (χ0v) is 16.3. The Morgan fingerprint density at radius 1 is 1.15 bits per heavy atom. The number of nitrogens with one attached hydrogen (secondary N) is 1. The van der Waals surface area contributed by atoms with Crippen molar-refractivity contribution in [3.8, 4) is 0 Å². The summed E-state index contributed by atoms with van der Waals surface area (Å²) in [6.45, 7) is 6.49. The average Bonchev–Trinajstić information content (AvgIpc) is 2.68. The Bertz CT molecular complexity index is 597. The SMILES string of the molecule is CCCCN(CCC(=O)N1CCNCC1)C(=O)c1cccc(N(C)C)c1. The van der Waals surface area contributed by atoms with Crippen LogP contribution in [0.5, 0.6) is 0 Å². The largest absolute Gasteiger partial charge is 0.378 e. The predicted octanol–water partition coefficient (Wildman–Crippen LogP) is 1.82. The lowest BCUT2D eigenvalue weighted by molar-refractivity contribution is -0.131. The number of hydrogen-bond donors (Lipinski definition) is 1. The number of amides is 2. The minimum atomic E-state index is 0.00950. The van der Waals surface area contributed by atoms with Gasteiger partial charge in [0.15, 0.2) is 0 Å². The molecule has 0 bridgehead atoms. The lowest BCUT2D eigenvalue weighted by Gasteiger charge is -2.29. The van der Waals surface area contributed by atoms with Crippen LogP contribution in [0.15, 0.2) is 24.3 Å². The molecule has 2 rings (SSSR count). The lowest BCUT2D eigenvalue weighted by atomic mass is 10.1. The van der Waals surface area contributed by atoms with Crippen molar-refractivity contribution in [2.24, 2.45) is 0 Å². The fraction of sp³-hybridized carbons (Fsp3) is 0.600. The van der Waals surface area contributed by atoms with Gasteiger partial charge < -0.3 is 20.0 Å². The molecule has 0 unspecified atom stereocenters. The van der Waals surface area contributed by atoms with E-state index in [0.29, 0.717) is 25.1 Å². The summed E-state index contributed by atoms with van der Waals surface area (Å²) in [5.74, 6) is 0.151. The maximum Gasteiger partial charge on any atom is 0.253 e. The molecule has 1 aliphatic heterocycles. The second-order valence-corrected chi connectivity index (χ2v) is 6.97. The van der Waals surface area contributed by atoms with Gasteiger partial charge >= 0.3 is 0 Å². The number of piperazine rings is 1. The third-order valence-corrected chi connectivity index (χ3v) is 4.74. The average molecular weight is 361 g/mol. The van der Waals surface area contributed by atoms with Gasteiger partial charge in [-0.3, -0.25) is 9.59 Å². The van der Waals surface area contributed by atoms with Gasteiger partial charge in [-0.1, -0.05) is 19.4 Å². The molecule has 2 amide bonds. The number of rotatable bonds is 8. The Morgan fingerprint density at radius 3 is 2.54 bits per heavy atom. The van der Waals surface area contributed by atoms with E-state index in [2.05, 4.69) is 12.2 Å². The predicted molar refractivity (Wildman–Crippen MR) is 106 cm³/mol. The molecule has 0 radical (unpaired) electrons. The monoisotopic (exact) mass is 360 g/mol. The summed E-state index contributed by atoms with van der Waals surface area (Å²) in [5.41, 5.74) is 1.69. The number of nitrogens with zero attached hydrogens (tertiary/aromatic N) is 3. The van der Waals surface area contributed by atoms with E-state index < -0.39 is 0 Å². The van der Waals surface area contributed by atoms with E-state index in [-0.39, 0.29) is 11.8 Å². The third-order valence-electron chi connectivity index (χ3n) is 4.74. The minimum Gasteiger partial charge on any atom is -0.378 e. The molecule has 26 heavy (non-hydrogen) atoms. The molecule has 1 N–H and O–H groups in total. The van der Waals surface area contributed by atoms with Crippen molar-refractivity contribution < 1.29 is 9.59 Å². The second-order valence-electron chi connectivity index (χ2n) is 6.97. The number of carbonyl (C=O) groups is 2. The van der Waals surface area contributed by atoms with Gasteiger partial charge in [-0.15, -0.1) is 0 Å². The molecule has 1 fully saturated rings.